The van der Waals surface area contributed by atoms with Crippen LogP contribution in [0.25, 0.3) is 0 Å². The molecule has 0 aliphatic heterocycles. The lowest BCUT2D eigenvalue weighted by atomic mass is 9.87. The highest BCUT2D eigenvalue weighted by atomic mass is 19.3. The third-order valence-electron chi connectivity index (χ3n) is 7.03. The molecule has 0 heterocycles. The minimum absolute atomic E-state index is 0.00987. The van der Waals surface area contributed by atoms with Gasteiger partial charge in [0.05, 0.1) is 0 Å². The van der Waals surface area contributed by atoms with Gasteiger partial charge in [0, 0.05) is 24.4 Å². The Morgan fingerprint density at radius 1 is 0.848 bits per heavy atom. The van der Waals surface area contributed by atoms with Crippen molar-refractivity contribution in [3.05, 3.63) is 65.7 Å². The number of nitrogens with one attached hydrogen (secondary N) is 1. The van der Waals surface area contributed by atoms with Crippen molar-refractivity contribution in [1.82, 2.24) is 10.2 Å². The van der Waals surface area contributed by atoms with Gasteiger partial charge in [0.15, 0.2) is 18.0 Å². The van der Waals surface area contributed by atoms with Crippen molar-refractivity contribution in [2.24, 2.45) is 5.41 Å². The maximum Gasteiger partial charge on any atom is 0.347 e. The highest BCUT2D eigenvalue weighted by Gasteiger charge is 2.39. The number of halogens is 2. The topological polar surface area (TPSA) is 120 Å². The lowest BCUT2D eigenvalue weighted by Gasteiger charge is -2.34. The van der Waals surface area contributed by atoms with Gasteiger partial charge in [0.25, 0.3) is 5.91 Å². The molecule has 0 aliphatic rings. The molecule has 0 radical (unpaired) electrons. The van der Waals surface area contributed by atoms with Crippen LogP contribution in [0.1, 0.15) is 65.5 Å². The Balaban J connectivity index is 2.31. The minimum atomic E-state index is -1.72. The summed E-state index contributed by atoms with van der Waals surface area (Å²) in [6.07, 6.45) is -2.95. The molecule has 0 saturated carbocycles. The number of esters is 3. The van der Waals surface area contributed by atoms with E-state index in [1.807, 2.05) is 26.8 Å². The number of carbonyl (C=O) groups excluding carboxylic acids is 4. The van der Waals surface area contributed by atoms with Crippen LogP contribution >= 0.6 is 0 Å². The summed E-state index contributed by atoms with van der Waals surface area (Å²) in [6.45, 7) is 9.60. The van der Waals surface area contributed by atoms with Gasteiger partial charge < -0.3 is 24.4 Å². The second-order valence-corrected chi connectivity index (χ2v) is 13.0. The fraction of sp³-hybridized carbons (Fsp3) is 0.529. The van der Waals surface area contributed by atoms with E-state index in [9.17, 15) is 28.1 Å². The van der Waals surface area contributed by atoms with Crippen LogP contribution in [0.15, 0.2) is 54.6 Å². The largest absolute Gasteiger partial charge is 0.458 e. The summed E-state index contributed by atoms with van der Waals surface area (Å²) in [6, 6.07) is 12.4. The summed E-state index contributed by atoms with van der Waals surface area (Å²) >= 11 is 0. The minimum Gasteiger partial charge on any atom is -0.458 e. The van der Waals surface area contributed by atoms with Crippen LogP contribution in [0, 0.1) is 5.41 Å². The second-order valence-electron chi connectivity index (χ2n) is 13.0. The van der Waals surface area contributed by atoms with E-state index in [0.717, 1.165) is 10.5 Å². The zero-order valence-corrected chi connectivity index (χ0v) is 27.8. The van der Waals surface area contributed by atoms with Crippen LogP contribution in [0.4, 0.5) is 8.92 Å². The quantitative estimate of drug-likeness (QED) is 0.197. The van der Waals surface area contributed by atoms with E-state index in [0.29, 0.717) is 5.56 Å². The fourth-order valence-corrected chi connectivity index (χ4v) is 4.57. The molecule has 0 bridgehead atoms. The van der Waals surface area contributed by atoms with E-state index >= 15 is 0 Å². The van der Waals surface area contributed by atoms with E-state index in [4.69, 9.17) is 14.2 Å². The lowest BCUT2D eigenvalue weighted by molar-refractivity contribution is -0.174. The Hall–Kier alpha value is -4.06. The Morgan fingerprint density at radius 2 is 1.46 bits per heavy atom. The normalized spacial score (nSPS) is 14.3. The molecule has 2 aromatic rings. The first kappa shape index (κ1) is 38.1. The molecule has 12 heteroatoms. The highest BCUT2D eigenvalue weighted by Crippen LogP contribution is 2.26. The summed E-state index contributed by atoms with van der Waals surface area (Å²) in [5, 5.41) is 2.72. The first-order valence-electron chi connectivity index (χ1n) is 15.1. The number of hydrogen-bond donors (Lipinski definition) is 1. The van der Waals surface area contributed by atoms with Crippen molar-refractivity contribution < 1.29 is 47.2 Å². The van der Waals surface area contributed by atoms with Gasteiger partial charge in [-0.2, -0.15) is 0 Å². The van der Waals surface area contributed by atoms with Crippen LogP contribution in [0.5, 0.6) is 5.75 Å². The monoisotopic (exact) mass is 648 g/mol. The van der Waals surface area contributed by atoms with Gasteiger partial charge in [-0.25, -0.2) is 14.0 Å². The number of likely N-dealkylation sites (N-methyl/N-ethyl adjacent to an activating group) is 2. The highest BCUT2D eigenvalue weighted by molar-refractivity contribution is 5.90. The summed E-state index contributed by atoms with van der Waals surface area (Å²) in [5.41, 5.74) is -0.940. The van der Waals surface area contributed by atoms with Gasteiger partial charge in [-0.05, 0) is 62.9 Å². The molecule has 1 N–H and O–H groups in total. The Kier molecular flexibility index (Phi) is 14.1. The Morgan fingerprint density at radius 3 is 1.98 bits per heavy atom. The third kappa shape index (κ3) is 12.7. The van der Waals surface area contributed by atoms with E-state index < -0.39 is 59.2 Å². The molecular formula is C34H46F2N2O8. The van der Waals surface area contributed by atoms with E-state index in [1.165, 1.54) is 59.1 Å². The average molecular weight is 649 g/mol. The molecular weight excluding hydrogens is 602 g/mol. The van der Waals surface area contributed by atoms with Crippen molar-refractivity contribution in [2.45, 2.75) is 97.4 Å². The molecule has 0 unspecified atom stereocenters. The fourth-order valence-electron chi connectivity index (χ4n) is 4.57. The number of ether oxygens (including phenoxy) is 3. The maximum atomic E-state index is 14.4. The second kappa shape index (κ2) is 17.0. The average Bonchev–Trinajstić information content (AvgIpc) is 3.00. The number of benzene rings is 2. The number of rotatable bonds is 16. The van der Waals surface area contributed by atoms with Crippen molar-refractivity contribution in [3.63, 3.8) is 0 Å². The van der Waals surface area contributed by atoms with E-state index in [2.05, 4.69) is 10.3 Å². The summed E-state index contributed by atoms with van der Waals surface area (Å²) in [5.74, 6) is -3.28. The Labute approximate surface area is 269 Å². The van der Waals surface area contributed by atoms with Crippen LogP contribution in [0.2, 0.25) is 0 Å². The lowest BCUT2D eigenvalue weighted by Crippen LogP contribution is -2.52. The van der Waals surface area contributed by atoms with Gasteiger partial charge in [-0.15, -0.1) is 0 Å². The molecule has 254 valence electrons. The molecule has 46 heavy (non-hydrogen) atoms. The summed E-state index contributed by atoms with van der Waals surface area (Å²) in [7, 11) is 2.84. The van der Waals surface area contributed by atoms with Crippen molar-refractivity contribution in [1.29, 1.82) is 0 Å². The molecule has 10 nitrogen and oxygen atoms in total. The van der Waals surface area contributed by atoms with Crippen LogP contribution in [0.3, 0.4) is 0 Å². The molecule has 0 fully saturated rings. The molecule has 0 aliphatic carbocycles. The predicted octanol–water partition coefficient (Wildman–Crippen LogP) is 5.07. The first-order chi connectivity index (χ1) is 21.4. The smallest absolute Gasteiger partial charge is 0.347 e. The molecule has 1 amide bonds. The van der Waals surface area contributed by atoms with Crippen molar-refractivity contribution in [3.8, 4) is 5.75 Å². The summed E-state index contributed by atoms with van der Waals surface area (Å²) in [4.78, 5) is 58.1. The number of hydrogen-bond acceptors (Lipinski definition) is 9. The van der Waals surface area contributed by atoms with Gasteiger partial charge in [0.1, 0.15) is 24.4 Å². The summed E-state index contributed by atoms with van der Waals surface area (Å²) < 4.78 is 43.5. The first-order valence-corrected chi connectivity index (χ1v) is 15.1. The van der Waals surface area contributed by atoms with Gasteiger partial charge in [0.2, 0.25) is 0 Å². The molecule has 4 atom stereocenters. The van der Waals surface area contributed by atoms with Gasteiger partial charge in [-0.3, -0.25) is 14.5 Å². The zero-order chi connectivity index (χ0) is 34.7. The predicted molar refractivity (Wildman–Crippen MR) is 167 cm³/mol. The van der Waals surface area contributed by atoms with Gasteiger partial charge >= 0.3 is 17.9 Å². The number of carbonyl (C=O) groups is 4. The van der Waals surface area contributed by atoms with Crippen molar-refractivity contribution >= 4 is 23.8 Å². The van der Waals surface area contributed by atoms with Crippen LogP contribution in [-0.2, 0) is 46.4 Å². The molecule has 0 spiro atoms. The van der Waals surface area contributed by atoms with E-state index in [-0.39, 0.29) is 31.6 Å². The third-order valence-corrected chi connectivity index (χ3v) is 7.03. The van der Waals surface area contributed by atoms with E-state index in [1.54, 1.807) is 24.3 Å². The SMILES string of the molecule is CN[C@@H](CC(C)(C)F)C(=O)O[C@H](Cc1ccc(OF)cc1)C(=O)N(C)[C@@H](CC(C)(C)C)C(=O)O[C@H](C)C(=O)OCc1ccccc1. The molecule has 2 aromatic carbocycles. The number of amides is 1. The molecule has 0 aromatic heterocycles. The molecule has 2 rings (SSSR count). The molecule has 0 saturated heterocycles. The number of nitrogens with zero attached hydrogens (tertiary/aromatic N) is 1. The van der Waals surface area contributed by atoms with Gasteiger partial charge in [-0.1, -0.05) is 63.2 Å². The Bertz CT molecular complexity index is 1290. The van der Waals surface area contributed by atoms with Crippen LogP contribution in [-0.4, -0.2) is 72.8 Å². The zero-order valence-electron chi connectivity index (χ0n) is 27.8. The number of alkyl halides is 1. The van der Waals surface area contributed by atoms with Crippen molar-refractivity contribution in [2.75, 3.05) is 14.1 Å². The maximum absolute atomic E-state index is 14.4. The van der Waals surface area contributed by atoms with Crippen LogP contribution < -0.4 is 10.3 Å². The standard InChI is InChI=1S/C34H46F2N2O8/c1-22(30(40)43-21-24-12-10-9-11-13-24)44-32(42)27(20-33(2,3)4)38(8)29(39)28(18-23-14-16-25(46-36)17-15-23)45-31(41)26(37-7)19-34(5,6)35/h9-17,22,26-28,37H,18-21H2,1-8H3/t22-,26+,27+,28-/m1/s1.